The Hall–Kier alpha value is -1.46. The van der Waals surface area contributed by atoms with Gasteiger partial charge in [-0.1, -0.05) is 0 Å². The second-order valence-corrected chi connectivity index (χ2v) is 6.21. The highest BCUT2D eigenvalue weighted by Gasteiger charge is 2.18. The highest BCUT2D eigenvalue weighted by molar-refractivity contribution is 7.11. The first-order valence-electron chi connectivity index (χ1n) is 6.60. The van der Waals surface area contributed by atoms with Gasteiger partial charge in [0, 0.05) is 54.9 Å². The van der Waals surface area contributed by atoms with Gasteiger partial charge < -0.3 is 4.90 Å². The van der Waals surface area contributed by atoms with Crippen LogP contribution in [0.1, 0.15) is 9.75 Å². The van der Waals surface area contributed by atoms with E-state index in [9.17, 15) is 0 Å². The number of piperazine rings is 1. The van der Waals surface area contributed by atoms with Crippen LogP contribution in [0.5, 0.6) is 0 Å². The summed E-state index contributed by atoms with van der Waals surface area (Å²) in [6, 6.07) is 4.45. The number of hydrogen-bond donors (Lipinski definition) is 0. The lowest BCUT2D eigenvalue weighted by Crippen LogP contribution is -2.46. The Morgan fingerprint density at radius 2 is 2.00 bits per heavy atom. The Labute approximate surface area is 117 Å². The van der Waals surface area contributed by atoms with E-state index in [1.807, 2.05) is 17.5 Å². The van der Waals surface area contributed by atoms with E-state index in [1.54, 1.807) is 12.4 Å². The molecule has 0 atom stereocenters. The second-order valence-electron chi connectivity index (χ2n) is 4.84. The molecule has 19 heavy (non-hydrogen) atoms. The summed E-state index contributed by atoms with van der Waals surface area (Å²) in [7, 11) is 0. The summed E-state index contributed by atoms with van der Waals surface area (Å²) in [4.78, 5) is 16.2. The molecule has 1 saturated heterocycles. The molecule has 0 spiro atoms. The van der Waals surface area contributed by atoms with E-state index >= 15 is 0 Å². The minimum atomic E-state index is 0.995. The Morgan fingerprint density at radius 1 is 1.16 bits per heavy atom. The molecule has 0 saturated carbocycles. The van der Waals surface area contributed by atoms with Crippen molar-refractivity contribution in [1.29, 1.82) is 0 Å². The molecule has 0 amide bonds. The summed E-state index contributed by atoms with van der Waals surface area (Å²) in [5.74, 6) is 0.995. The van der Waals surface area contributed by atoms with Gasteiger partial charge in [0.05, 0.1) is 6.20 Å². The third-order valence-electron chi connectivity index (χ3n) is 3.42. The van der Waals surface area contributed by atoms with Crippen LogP contribution in [0.4, 0.5) is 5.82 Å². The van der Waals surface area contributed by atoms with Gasteiger partial charge in [0.2, 0.25) is 0 Å². The molecule has 5 heteroatoms. The fourth-order valence-electron chi connectivity index (χ4n) is 2.38. The van der Waals surface area contributed by atoms with Gasteiger partial charge in [0.15, 0.2) is 0 Å². The zero-order valence-electron chi connectivity index (χ0n) is 11.1. The number of hydrogen-bond acceptors (Lipinski definition) is 5. The van der Waals surface area contributed by atoms with Crippen LogP contribution in [0.25, 0.3) is 0 Å². The van der Waals surface area contributed by atoms with Crippen molar-refractivity contribution in [2.24, 2.45) is 0 Å². The molecule has 1 aliphatic rings. The van der Waals surface area contributed by atoms with E-state index in [0.717, 1.165) is 38.5 Å². The van der Waals surface area contributed by atoms with Crippen LogP contribution in [-0.2, 0) is 6.54 Å². The van der Waals surface area contributed by atoms with Crippen molar-refractivity contribution in [1.82, 2.24) is 14.9 Å². The molecule has 1 aliphatic heterocycles. The average molecular weight is 274 g/mol. The predicted molar refractivity (Wildman–Crippen MR) is 78.6 cm³/mol. The van der Waals surface area contributed by atoms with Crippen molar-refractivity contribution < 1.29 is 0 Å². The van der Waals surface area contributed by atoms with Crippen LogP contribution < -0.4 is 4.90 Å². The van der Waals surface area contributed by atoms with Crippen LogP contribution in [0.3, 0.4) is 0 Å². The maximum absolute atomic E-state index is 4.36. The smallest absolute Gasteiger partial charge is 0.147 e. The predicted octanol–water partition coefficient (Wildman–Crippen LogP) is 2.17. The third-order valence-corrected chi connectivity index (χ3v) is 4.41. The standard InChI is InChI=1S/C14H18N4S/c1-12-2-3-13(19-12)11-17-6-8-18(9-7-17)14-10-15-4-5-16-14/h2-5,10H,6-9,11H2,1H3. The van der Waals surface area contributed by atoms with Crippen molar-refractivity contribution in [3.05, 3.63) is 40.5 Å². The minimum absolute atomic E-state index is 0.995. The van der Waals surface area contributed by atoms with Crippen molar-refractivity contribution in [3.8, 4) is 0 Å². The molecule has 0 radical (unpaired) electrons. The molecule has 2 aromatic rings. The number of nitrogens with zero attached hydrogens (tertiary/aromatic N) is 4. The Kier molecular flexibility index (Phi) is 3.75. The van der Waals surface area contributed by atoms with E-state index in [1.165, 1.54) is 9.75 Å². The number of aryl methyl sites for hydroxylation is 1. The second kappa shape index (κ2) is 5.67. The van der Waals surface area contributed by atoms with Gasteiger partial charge in [-0.05, 0) is 19.1 Å². The maximum atomic E-state index is 4.36. The van der Waals surface area contributed by atoms with E-state index < -0.39 is 0 Å². The molecule has 100 valence electrons. The lowest BCUT2D eigenvalue weighted by Gasteiger charge is -2.34. The summed E-state index contributed by atoms with van der Waals surface area (Å²) in [6.07, 6.45) is 5.33. The van der Waals surface area contributed by atoms with Crippen LogP contribution >= 0.6 is 11.3 Å². The highest BCUT2D eigenvalue weighted by Crippen LogP contribution is 2.19. The maximum Gasteiger partial charge on any atom is 0.147 e. The third kappa shape index (κ3) is 3.11. The first-order valence-corrected chi connectivity index (χ1v) is 7.41. The molecule has 0 aromatic carbocycles. The first-order chi connectivity index (χ1) is 9.31. The van der Waals surface area contributed by atoms with E-state index in [0.29, 0.717) is 0 Å². The molecule has 3 heterocycles. The van der Waals surface area contributed by atoms with Crippen LogP contribution in [0.15, 0.2) is 30.7 Å². The number of thiophene rings is 1. The van der Waals surface area contributed by atoms with Crippen LogP contribution in [-0.4, -0.2) is 41.0 Å². The molecule has 0 unspecified atom stereocenters. The number of rotatable bonds is 3. The highest BCUT2D eigenvalue weighted by atomic mass is 32.1. The Balaban J connectivity index is 1.55. The van der Waals surface area contributed by atoms with Crippen LogP contribution in [0, 0.1) is 6.92 Å². The molecule has 0 N–H and O–H groups in total. The summed E-state index contributed by atoms with van der Waals surface area (Å²) in [6.45, 7) is 7.49. The topological polar surface area (TPSA) is 32.3 Å². The van der Waals surface area contributed by atoms with Gasteiger partial charge in [0.1, 0.15) is 5.82 Å². The monoisotopic (exact) mass is 274 g/mol. The van der Waals surface area contributed by atoms with Gasteiger partial charge in [-0.3, -0.25) is 9.88 Å². The van der Waals surface area contributed by atoms with Crippen molar-refractivity contribution in [2.75, 3.05) is 31.1 Å². The molecule has 0 aliphatic carbocycles. The molecule has 0 bridgehead atoms. The normalized spacial score (nSPS) is 16.8. The average Bonchev–Trinajstić information content (AvgIpc) is 2.86. The summed E-state index contributed by atoms with van der Waals surface area (Å²) in [5, 5.41) is 0. The first kappa shape index (κ1) is 12.6. The Morgan fingerprint density at radius 3 is 2.63 bits per heavy atom. The van der Waals surface area contributed by atoms with Crippen molar-refractivity contribution in [3.63, 3.8) is 0 Å². The van der Waals surface area contributed by atoms with E-state index in [-0.39, 0.29) is 0 Å². The fraction of sp³-hybridized carbons (Fsp3) is 0.429. The molecular formula is C14H18N4S. The quantitative estimate of drug-likeness (QED) is 0.858. The molecule has 1 fully saturated rings. The number of aromatic nitrogens is 2. The number of anilines is 1. The van der Waals surface area contributed by atoms with Gasteiger partial charge in [-0.2, -0.15) is 0 Å². The van der Waals surface area contributed by atoms with E-state index in [4.69, 9.17) is 0 Å². The van der Waals surface area contributed by atoms with Gasteiger partial charge >= 0.3 is 0 Å². The summed E-state index contributed by atoms with van der Waals surface area (Å²) < 4.78 is 0. The zero-order valence-corrected chi connectivity index (χ0v) is 11.9. The molecule has 4 nitrogen and oxygen atoms in total. The fourth-order valence-corrected chi connectivity index (χ4v) is 3.31. The summed E-state index contributed by atoms with van der Waals surface area (Å²) >= 11 is 1.90. The van der Waals surface area contributed by atoms with Gasteiger partial charge in [-0.15, -0.1) is 11.3 Å². The van der Waals surface area contributed by atoms with E-state index in [2.05, 4.69) is 38.8 Å². The molecular weight excluding hydrogens is 256 g/mol. The van der Waals surface area contributed by atoms with Crippen LogP contribution in [0.2, 0.25) is 0 Å². The lowest BCUT2D eigenvalue weighted by molar-refractivity contribution is 0.251. The molecule has 3 rings (SSSR count). The zero-order chi connectivity index (χ0) is 13.1. The molecule has 2 aromatic heterocycles. The van der Waals surface area contributed by atoms with Crippen molar-refractivity contribution >= 4 is 17.2 Å². The lowest BCUT2D eigenvalue weighted by atomic mass is 10.3. The summed E-state index contributed by atoms with van der Waals surface area (Å²) in [5.41, 5.74) is 0. The van der Waals surface area contributed by atoms with Crippen molar-refractivity contribution in [2.45, 2.75) is 13.5 Å². The minimum Gasteiger partial charge on any atom is -0.353 e. The largest absolute Gasteiger partial charge is 0.353 e. The Bertz CT molecular complexity index is 517. The van der Waals surface area contributed by atoms with Gasteiger partial charge in [-0.25, -0.2) is 4.98 Å². The van der Waals surface area contributed by atoms with Gasteiger partial charge in [0.25, 0.3) is 0 Å². The SMILES string of the molecule is Cc1ccc(CN2CCN(c3cnccn3)CC2)s1.